The number of hydrogen-bond donors (Lipinski definition) is 0. The normalized spacial score (nSPS) is 11.9. The molecule has 0 spiro atoms. The van der Waals surface area contributed by atoms with E-state index in [-0.39, 0.29) is 4.90 Å². The fraction of sp³-hybridized carbons (Fsp3) is 0.222. The lowest BCUT2D eigenvalue weighted by molar-refractivity contribution is 0.00385. The average Bonchev–Trinajstić information content (AvgIpc) is 2.16. The SMILES string of the molecule is Cc1ccc(S(=O)(=O)C(=[N+]=[N-])S(C)(=O)=O)cc1. The molecule has 0 aromatic heterocycles. The van der Waals surface area contributed by atoms with Gasteiger partial charge in [0, 0.05) is 0 Å². The summed E-state index contributed by atoms with van der Waals surface area (Å²) >= 11 is 0. The summed E-state index contributed by atoms with van der Waals surface area (Å²) in [6, 6.07) is 5.54. The molecule has 0 N–H and O–H groups in total. The molecule has 92 valence electrons. The van der Waals surface area contributed by atoms with Crippen LogP contribution in [0, 0.1) is 6.92 Å². The zero-order valence-electron chi connectivity index (χ0n) is 9.15. The highest BCUT2D eigenvalue weighted by Crippen LogP contribution is 2.14. The van der Waals surface area contributed by atoms with E-state index in [4.69, 9.17) is 5.53 Å². The third-order valence-electron chi connectivity index (χ3n) is 1.96. The minimum atomic E-state index is -4.31. The summed E-state index contributed by atoms with van der Waals surface area (Å²) < 4.78 is 44.8. The van der Waals surface area contributed by atoms with Crippen molar-refractivity contribution in [3.8, 4) is 0 Å². The summed E-state index contributed by atoms with van der Waals surface area (Å²) in [6.45, 7) is 1.76. The lowest BCUT2D eigenvalue weighted by atomic mass is 10.2. The summed E-state index contributed by atoms with van der Waals surface area (Å²) in [5, 5.41) is 0. The molecule has 1 aromatic carbocycles. The molecule has 0 fully saturated rings. The van der Waals surface area contributed by atoms with E-state index >= 15 is 0 Å². The minimum absolute atomic E-state index is 0.235. The van der Waals surface area contributed by atoms with Crippen molar-refractivity contribution in [2.75, 3.05) is 6.26 Å². The quantitative estimate of drug-likeness (QED) is 0.320. The van der Waals surface area contributed by atoms with Crippen LogP contribution >= 0.6 is 0 Å². The predicted molar refractivity (Wildman–Crippen MR) is 61.8 cm³/mol. The van der Waals surface area contributed by atoms with Crippen LogP contribution in [0.2, 0.25) is 0 Å². The first-order chi connectivity index (χ1) is 7.69. The molecular formula is C9H10N2O4S2. The molecule has 0 aliphatic heterocycles. The van der Waals surface area contributed by atoms with Crippen molar-refractivity contribution in [2.45, 2.75) is 11.8 Å². The van der Waals surface area contributed by atoms with Gasteiger partial charge < -0.3 is 5.53 Å². The van der Waals surface area contributed by atoms with Gasteiger partial charge in [-0.25, -0.2) is 16.8 Å². The van der Waals surface area contributed by atoms with Gasteiger partial charge >= 0.3 is 4.38 Å². The molecule has 0 aliphatic carbocycles. The molecule has 1 rings (SSSR count). The largest absolute Gasteiger partial charge is 0.499 e. The van der Waals surface area contributed by atoms with Crippen LogP contribution in [0.4, 0.5) is 0 Å². The number of hydrogen-bond acceptors (Lipinski definition) is 4. The van der Waals surface area contributed by atoms with Crippen molar-refractivity contribution in [1.82, 2.24) is 0 Å². The molecule has 0 unspecified atom stereocenters. The van der Waals surface area contributed by atoms with Gasteiger partial charge in [-0.05, 0) is 19.1 Å². The second kappa shape index (κ2) is 4.40. The number of benzene rings is 1. The van der Waals surface area contributed by atoms with Gasteiger partial charge in [0.1, 0.15) is 0 Å². The maximum absolute atomic E-state index is 11.9. The van der Waals surface area contributed by atoms with Gasteiger partial charge in [0.15, 0.2) is 0 Å². The Hall–Kier alpha value is -1.50. The Kier molecular flexibility index (Phi) is 3.51. The van der Waals surface area contributed by atoms with Gasteiger partial charge in [-0.15, -0.1) is 4.79 Å². The second-order valence-corrected chi connectivity index (χ2v) is 7.51. The van der Waals surface area contributed by atoms with Crippen LogP contribution in [0.5, 0.6) is 0 Å². The Morgan fingerprint density at radius 1 is 1.12 bits per heavy atom. The van der Waals surface area contributed by atoms with Gasteiger partial charge in [0.05, 0.1) is 11.2 Å². The van der Waals surface area contributed by atoms with E-state index in [1.165, 1.54) is 24.3 Å². The fourth-order valence-corrected chi connectivity index (χ4v) is 3.98. The zero-order valence-corrected chi connectivity index (χ0v) is 10.8. The topological polar surface area (TPSA) is 105 Å². The number of rotatable bonds is 1. The molecule has 0 saturated carbocycles. The molecule has 0 heterocycles. The maximum Gasteiger partial charge on any atom is 0.499 e. The van der Waals surface area contributed by atoms with E-state index < -0.39 is 24.1 Å². The number of nitrogens with zero attached hydrogens (tertiary/aromatic N) is 2. The highest BCUT2D eigenvalue weighted by molar-refractivity contribution is 8.30. The molecule has 8 heteroatoms. The fourth-order valence-electron chi connectivity index (χ4n) is 1.15. The van der Waals surface area contributed by atoms with E-state index in [9.17, 15) is 16.8 Å². The Morgan fingerprint density at radius 3 is 1.94 bits per heavy atom. The molecule has 6 nitrogen and oxygen atoms in total. The van der Waals surface area contributed by atoms with Crippen LogP contribution in [-0.4, -0.2) is 32.3 Å². The van der Waals surface area contributed by atoms with E-state index in [1.54, 1.807) is 6.92 Å². The molecule has 1 aromatic rings. The third-order valence-corrected chi connectivity index (χ3v) is 5.68. The van der Waals surface area contributed by atoms with E-state index in [1.807, 2.05) is 0 Å². The van der Waals surface area contributed by atoms with Crippen LogP contribution in [-0.2, 0) is 19.7 Å². The number of sulfone groups is 2. The molecule has 17 heavy (non-hydrogen) atoms. The van der Waals surface area contributed by atoms with Crippen molar-refractivity contribution < 1.29 is 21.6 Å². The minimum Gasteiger partial charge on any atom is -0.359 e. The van der Waals surface area contributed by atoms with Crippen molar-refractivity contribution in [2.24, 2.45) is 0 Å². The molecule has 0 radical (unpaired) electrons. The lowest BCUT2D eigenvalue weighted by Crippen LogP contribution is -2.24. The first kappa shape index (κ1) is 13.6. The summed E-state index contributed by atoms with van der Waals surface area (Å²) in [7, 11) is -8.43. The van der Waals surface area contributed by atoms with E-state index in [2.05, 4.69) is 4.79 Å². The Morgan fingerprint density at radius 2 is 1.59 bits per heavy atom. The highest BCUT2D eigenvalue weighted by Gasteiger charge is 2.39. The zero-order chi connectivity index (χ0) is 13.3. The maximum atomic E-state index is 11.9. The van der Waals surface area contributed by atoms with Crippen molar-refractivity contribution in [3.05, 3.63) is 35.4 Å². The number of aryl methyl sites for hydroxylation is 1. The van der Waals surface area contributed by atoms with Crippen molar-refractivity contribution in [3.63, 3.8) is 0 Å². The molecule has 0 atom stereocenters. The van der Waals surface area contributed by atoms with E-state index in [0.29, 0.717) is 6.26 Å². The lowest BCUT2D eigenvalue weighted by Gasteiger charge is -1.99. The van der Waals surface area contributed by atoms with Gasteiger partial charge in [-0.1, -0.05) is 17.7 Å². The Labute approximate surface area is 99.4 Å². The summed E-state index contributed by atoms with van der Waals surface area (Å²) in [5.41, 5.74) is 9.37. The summed E-state index contributed by atoms with van der Waals surface area (Å²) in [6.07, 6.45) is 0.661. The van der Waals surface area contributed by atoms with Crippen LogP contribution in [0.3, 0.4) is 0 Å². The molecule has 0 bridgehead atoms. The molecule has 0 aliphatic rings. The van der Waals surface area contributed by atoms with Crippen LogP contribution in [0.15, 0.2) is 29.2 Å². The van der Waals surface area contributed by atoms with Crippen LogP contribution in [0.1, 0.15) is 5.56 Å². The molecule has 0 amide bonds. The van der Waals surface area contributed by atoms with E-state index in [0.717, 1.165) is 5.56 Å². The van der Waals surface area contributed by atoms with Gasteiger partial charge in [0.25, 0.3) is 19.7 Å². The second-order valence-electron chi connectivity index (χ2n) is 3.45. The first-order valence-electron chi connectivity index (χ1n) is 4.43. The van der Waals surface area contributed by atoms with Gasteiger partial charge in [0.2, 0.25) is 0 Å². The smallest absolute Gasteiger partial charge is 0.359 e. The van der Waals surface area contributed by atoms with Crippen molar-refractivity contribution in [1.29, 1.82) is 0 Å². The third kappa shape index (κ3) is 2.79. The Bertz CT molecular complexity index is 681. The average molecular weight is 274 g/mol. The van der Waals surface area contributed by atoms with Crippen molar-refractivity contribution >= 4 is 24.1 Å². The predicted octanol–water partition coefficient (Wildman–Crippen LogP) is 0.399. The highest BCUT2D eigenvalue weighted by atomic mass is 32.3. The monoisotopic (exact) mass is 274 g/mol. The van der Waals surface area contributed by atoms with Crippen LogP contribution in [0.25, 0.3) is 5.53 Å². The van der Waals surface area contributed by atoms with Crippen LogP contribution < -0.4 is 0 Å². The first-order valence-corrected chi connectivity index (χ1v) is 7.81. The standard InChI is InChI=1S/C9H10N2O4S2/c1-7-3-5-8(6-4-7)17(14,15)9(11-10)16(2,12)13/h3-6H,1-2H3. The molecular weight excluding hydrogens is 264 g/mol. The summed E-state index contributed by atoms with van der Waals surface area (Å²) in [5.74, 6) is 0. The Balaban J connectivity index is 3.50. The summed E-state index contributed by atoms with van der Waals surface area (Å²) in [4.78, 5) is 2.14. The molecule has 0 saturated heterocycles. The van der Waals surface area contributed by atoms with Gasteiger partial charge in [-0.3, -0.25) is 0 Å². The van der Waals surface area contributed by atoms with Gasteiger partial charge in [-0.2, -0.15) is 0 Å².